The van der Waals surface area contributed by atoms with Crippen molar-refractivity contribution in [1.82, 2.24) is 0 Å². The van der Waals surface area contributed by atoms with Gasteiger partial charge in [-0.05, 0) is 36.5 Å². The molecular weight excluding hydrogens is 266 g/mol. The molecule has 3 N–H and O–H groups in total. The predicted molar refractivity (Wildman–Crippen MR) is 72.3 cm³/mol. The Morgan fingerprint density at radius 1 is 1.32 bits per heavy atom. The van der Waals surface area contributed by atoms with E-state index in [9.17, 15) is 13.2 Å². The molecule has 0 aliphatic carbocycles. The number of primary amides is 1. The molecule has 1 rings (SSSR count). The molecule has 19 heavy (non-hydrogen) atoms. The van der Waals surface area contributed by atoms with Crippen LogP contribution in [0.4, 0.5) is 0 Å². The van der Waals surface area contributed by atoms with Gasteiger partial charge >= 0.3 is 0 Å². The van der Waals surface area contributed by atoms with E-state index in [0.717, 1.165) is 5.56 Å². The molecule has 0 aliphatic heterocycles. The number of nitrogens with two attached hydrogens (primary N) is 1. The number of rotatable bonds is 6. The second-order valence-corrected chi connectivity index (χ2v) is 6.11. The predicted octanol–water partition coefficient (Wildman–Crippen LogP) is 1.94. The molecule has 2 unspecified atom stereocenters. The number of carbonyl (C=O) groups is 1. The monoisotopic (exact) mass is 285 g/mol. The molecule has 0 saturated carbocycles. The van der Waals surface area contributed by atoms with E-state index in [4.69, 9.17) is 10.3 Å². The first-order valence-corrected chi connectivity index (χ1v) is 7.56. The van der Waals surface area contributed by atoms with Crippen LogP contribution in [0, 0.1) is 5.92 Å². The van der Waals surface area contributed by atoms with Gasteiger partial charge < -0.3 is 5.73 Å². The Kier molecular flexibility index (Phi) is 5.08. The van der Waals surface area contributed by atoms with Gasteiger partial charge in [0.1, 0.15) is 0 Å². The maximum atomic E-state index is 11.2. The zero-order valence-corrected chi connectivity index (χ0v) is 11.9. The molecule has 0 aromatic heterocycles. The Morgan fingerprint density at radius 2 is 1.84 bits per heavy atom. The first-order chi connectivity index (χ1) is 8.75. The van der Waals surface area contributed by atoms with Crippen LogP contribution in [-0.4, -0.2) is 18.9 Å². The van der Waals surface area contributed by atoms with Gasteiger partial charge in [-0.15, -0.1) is 0 Å². The number of carbonyl (C=O) groups excluding carboxylic acids is 1. The number of amides is 1. The highest BCUT2D eigenvalue weighted by atomic mass is 32.2. The van der Waals surface area contributed by atoms with Gasteiger partial charge in [0.15, 0.2) is 0 Å². The third kappa shape index (κ3) is 4.33. The minimum Gasteiger partial charge on any atom is -0.369 e. The third-order valence-electron chi connectivity index (χ3n) is 3.28. The molecule has 2 atom stereocenters. The first kappa shape index (κ1) is 15.7. The van der Waals surface area contributed by atoms with E-state index < -0.39 is 10.1 Å². The summed E-state index contributed by atoms with van der Waals surface area (Å²) in [7, 11) is -4.16. The van der Waals surface area contributed by atoms with Crippen molar-refractivity contribution in [2.24, 2.45) is 11.7 Å². The maximum absolute atomic E-state index is 11.2. The summed E-state index contributed by atoms with van der Waals surface area (Å²) in [5, 5.41) is 0. The summed E-state index contributed by atoms with van der Waals surface area (Å²) in [5.74, 6) is -0.409. The molecule has 1 aromatic rings. The van der Waals surface area contributed by atoms with Gasteiger partial charge in [0.05, 0.1) is 4.90 Å². The van der Waals surface area contributed by atoms with Crippen molar-refractivity contribution >= 4 is 16.0 Å². The molecule has 1 aromatic carbocycles. The van der Waals surface area contributed by atoms with Crippen LogP contribution in [0.25, 0.3) is 0 Å². The van der Waals surface area contributed by atoms with Gasteiger partial charge in [0.25, 0.3) is 10.1 Å². The Labute approximate surface area is 113 Å². The lowest BCUT2D eigenvalue weighted by Gasteiger charge is -2.17. The summed E-state index contributed by atoms with van der Waals surface area (Å²) in [6, 6.07) is 5.99. The van der Waals surface area contributed by atoms with E-state index in [-0.39, 0.29) is 22.6 Å². The summed E-state index contributed by atoms with van der Waals surface area (Å²) in [6.07, 6.45) is 1.31. The molecular formula is C13H19NO4S. The summed E-state index contributed by atoms with van der Waals surface area (Å²) >= 11 is 0. The van der Waals surface area contributed by atoms with Crippen LogP contribution in [0.3, 0.4) is 0 Å². The van der Waals surface area contributed by atoms with Crippen LogP contribution in [0.2, 0.25) is 0 Å². The van der Waals surface area contributed by atoms with Crippen molar-refractivity contribution in [3.05, 3.63) is 29.8 Å². The van der Waals surface area contributed by atoms with Gasteiger partial charge in [0, 0.05) is 5.92 Å². The van der Waals surface area contributed by atoms with E-state index in [1.807, 2.05) is 13.8 Å². The lowest BCUT2D eigenvalue weighted by atomic mass is 9.88. The standard InChI is InChI=1S/C13H19NO4S/c1-3-10(13(14)15)8-9(2)11-4-6-12(7-5-11)19(16,17)18/h4-7,9-10H,3,8H2,1-2H3,(H2,14,15)(H,16,17,18). The minimum atomic E-state index is -4.16. The van der Waals surface area contributed by atoms with Crippen LogP contribution in [0.15, 0.2) is 29.2 Å². The van der Waals surface area contributed by atoms with Crippen molar-refractivity contribution in [2.75, 3.05) is 0 Å². The van der Waals surface area contributed by atoms with Crippen LogP contribution in [0.1, 0.15) is 38.2 Å². The van der Waals surface area contributed by atoms with Crippen LogP contribution >= 0.6 is 0 Å². The molecule has 0 bridgehead atoms. The SMILES string of the molecule is CCC(CC(C)c1ccc(S(=O)(=O)O)cc1)C(N)=O. The molecule has 106 valence electrons. The Bertz CT molecular complexity index is 536. The zero-order valence-electron chi connectivity index (χ0n) is 11.0. The average molecular weight is 285 g/mol. The van der Waals surface area contributed by atoms with E-state index in [2.05, 4.69) is 0 Å². The topological polar surface area (TPSA) is 97.5 Å². The number of hydrogen-bond acceptors (Lipinski definition) is 3. The Hall–Kier alpha value is -1.40. The van der Waals surface area contributed by atoms with Crippen LogP contribution < -0.4 is 5.73 Å². The van der Waals surface area contributed by atoms with E-state index in [1.165, 1.54) is 12.1 Å². The van der Waals surface area contributed by atoms with E-state index in [1.54, 1.807) is 12.1 Å². The summed E-state index contributed by atoms with van der Waals surface area (Å²) in [5.41, 5.74) is 6.21. The highest BCUT2D eigenvalue weighted by Gasteiger charge is 2.18. The normalized spacial score (nSPS) is 14.9. The van der Waals surface area contributed by atoms with Crippen molar-refractivity contribution < 1.29 is 17.8 Å². The second-order valence-electron chi connectivity index (χ2n) is 4.69. The molecule has 0 spiro atoms. The van der Waals surface area contributed by atoms with Gasteiger partial charge in [-0.2, -0.15) is 8.42 Å². The molecule has 6 heteroatoms. The lowest BCUT2D eigenvalue weighted by Crippen LogP contribution is -2.24. The molecule has 0 radical (unpaired) electrons. The highest BCUT2D eigenvalue weighted by Crippen LogP contribution is 2.25. The second kappa shape index (κ2) is 6.16. The summed E-state index contributed by atoms with van der Waals surface area (Å²) in [4.78, 5) is 11.1. The summed E-state index contributed by atoms with van der Waals surface area (Å²) in [6.45, 7) is 3.86. The zero-order chi connectivity index (χ0) is 14.6. The first-order valence-electron chi connectivity index (χ1n) is 6.12. The van der Waals surface area contributed by atoms with Crippen LogP contribution in [0.5, 0.6) is 0 Å². The third-order valence-corrected chi connectivity index (χ3v) is 4.15. The van der Waals surface area contributed by atoms with Gasteiger partial charge in [-0.1, -0.05) is 26.0 Å². The largest absolute Gasteiger partial charge is 0.369 e. The molecule has 0 heterocycles. The number of benzene rings is 1. The van der Waals surface area contributed by atoms with E-state index >= 15 is 0 Å². The van der Waals surface area contributed by atoms with Crippen molar-refractivity contribution in [1.29, 1.82) is 0 Å². The van der Waals surface area contributed by atoms with Gasteiger partial charge in [-0.3, -0.25) is 9.35 Å². The average Bonchev–Trinajstić information content (AvgIpc) is 2.34. The lowest BCUT2D eigenvalue weighted by molar-refractivity contribution is -0.122. The molecule has 0 fully saturated rings. The minimum absolute atomic E-state index is 0.0906. The van der Waals surface area contributed by atoms with Crippen LogP contribution in [-0.2, 0) is 14.9 Å². The molecule has 1 amide bonds. The molecule has 0 saturated heterocycles. The Balaban J connectivity index is 2.84. The smallest absolute Gasteiger partial charge is 0.294 e. The highest BCUT2D eigenvalue weighted by molar-refractivity contribution is 7.85. The van der Waals surface area contributed by atoms with Crippen molar-refractivity contribution in [3.63, 3.8) is 0 Å². The van der Waals surface area contributed by atoms with Crippen molar-refractivity contribution in [3.8, 4) is 0 Å². The fourth-order valence-corrected chi connectivity index (χ4v) is 2.50. The van der Waals surface area contributed by atoms with Gasteiger partial charge in [-0.25, -0.2) is 0 Å². The molecule has 5 nitrogen and oxygen atoms in total. The fourth-order valence-electron chi connectivity index (χ4n) is 2.02. The van der Waals surface area contributed by atoms with Crippen molar-refractivity contribution in [2.45, 2.75) is 37.5 Å². The number of hydrogen-bond donors (Lipinski definition) is 2. The fraction of sp³-hybridized carbons (Fsp3) is 0.462. The van der Waals surface area contributed by atoms with E-state index in [0.29, 0.717) is 12.8 Å². The summed E-state index contributed by atoms with van der Waals surface area (Å²) < 4.78 is 30.7. The Morgan fingerprint density at radius 3 is 2.21 bits per heavy atom. The maximum Gasteiger partial charge on any atom is 0.294 e. The van der Waals surface area contributed by atoms with Gasteiger partial charge in [0.2, 0.25) is 5.91 Å². The molecule has 0 aliphatic rings. The quantitative estimate of drug-likeness (QED) is 0.780.